The highest BCUT2D eigenvalue weighted by Crippen LogP contribution is 2.14. The van der Waals surface area contributed by atoms with Crippen LogP contribution < -0.4 is 5.32 Å². The molecule has 2 aromatic carbocycles. The van der Waals surface area contributed by atoms with Crippen LogP contribution in [-0.4, -0.2) is 37.1 Å². The summed E-state index contributed by atoms with van der Waals surface area (Å²) in [6.07, 6.45) is 0. The van der Waals surface area contributed by atoms with Crippen molar-refractivity contribution in [1.82, 2.24) is 4.90 Å². The minimum Gasteiger partial charge on any atom is -0.379 e. The van der Waals surface area contributed by atoms with Crippen LogP contribution in [0.5, 0.6) is 0 Å². The van der Waals surface area contributed by atoms with Crippen molar-refractivity contribution < 1.29 is 9.53 Å². The molecule has 120 valence electrons. The van der Waals surface area contributed by atoms with Crippen molar-refractivity contribution in [2.45, 2.75) is 13.5 Å². The maximum Gasteiger partial charge on any atom is 0.255 e. The third-order valence-electron chi connectivity index (χ3n) is 4.00. The average molecular weight is 310 g/mol. The van der Waals surface area contributed by atoms with Gasteiger partial charge in [0.2, 0.25) is 0 Å². The van der Waals surface area contributed by atoms with Gasteiger partial charge in [0.25, 0.3) is 5.91 Å². The summed E-state index contributed by atoms with van der Waals surface area (Å²) >= 11 is 0. The van der Waals surface area contributed by atoms with E-state index in [1.165, 1.54) is 5.56 Å². The van der Waals surface area contributed by atoms with E-state index in [4.69, 9.17) is 4.74 Å². The Labute approximate surface area is 137 Å². The van der Waals surface area contributed by atoms with E-state index in [9.17, 15) is 4.79 Å². The monoisotopic (exact) mass is 310 g/mol. The van der Waals surface area contributed by atoms with Crippen LogP contribution in [0, 0.1) is 6.92 Å². The van der Waals surface area contributed by atoms with Gasteiger partial charge in [-0.05, 0) is 36.8 Å². The van der Waals surface area contributed by atoms with E-state index in [0.29, 0.717) is 5.56 Å². The van der Waals surface area contributed by atoms with E-state index in [1.807, 2.05) is 43.3 Å². The lowest BCUT2D eigenvalue weighted by Gasteiger charge is -2.26. The van der Waals surface area contributed by atoms with Crippen molar-refractivity contribution in [1.29, 1.82) is 0 Å². The van der Waals surface area contributed by atoms with Crippen LogP contribution in [0.1, 0.15) is 21.5 Å². The Morgan fingerprint density at radius 2 is 1.87 bits per heavy atom. The summed E-state index contributed by atoms with van der Waals surface area (Å²) in [6, 6.07) is 15.7. The second-order valence-corrected chi connectivity index (χ2v) is 5.91. The minimum absolute atomic E-state index is 0.0744. The Morgan fingerprint density at radius 3 is 2.57 bits per heavy atom. The van der Waals surface area contributed by atoms with Gasteiger partial charge in [0.1, 0.15) is 0 Å². The van der Waals surface area contributed by atoms with E-state index in [1.54, 1.807) is 0 Å². The topological polar surface area (TPSA) is 41.6 Å². The Kier molecular flexibility index (Phi) is 5.05. The molecule has 1 aliphatic heterocycles. The predicted octanol–water partition coefficient (Wildman–Crippen LogP) is 3.08. The van der Waals surface area contributed by atoms with Crippen LogP contribution in [-0.2, 0) is 11.3 Å². The first kappa shape index (κ1) is 15.7. The van der Waals surface area contributed by atoms with Crippen LogP contribution in [0.3, 0.4) is 0 Å². The maximum atomic E-state index is 12.2. The highest BCUT2D eigenvalue weighted by molar-refractivity contribution is 6.04. The van der Waals surface area contributed by atoms with Gasteiger partial charge in [-0.25, -0.2) is 0 Å². The number of benzene rings is 2. The van der Waals surface area contributed by atoms with E-state index < -0.39 is 0 Å². The largest absolute Gasteiger partial charge is 0.379 e. The molecule has 3 rings (SSSR count). The van der Waals surface area contributed by atoms with E-state index in [-0.39, 0.29) is 5.91 Å². The molecule has 23 heavy (non-hydrogen) atoms. The zero-order valence-electron chi connectivity index (χ0n) is 13.4. The van der Waals surface area contributed by atoms with Gasteiger partial charge in [0.05, 0.1) is 13.2 Å². The molecule has 1 saturated heterocycles. The maximum absolute atomic E-state index is 12.2. The molecule has 0 spiro atoms. The number of anilines is 1. The molecule has 0 bridgehead atoms. The molecule has 1 aliphatic rings. The third-order valence-corrected chi connectivity index (χ3v) is 4.00. The summed E-state index contributed by atoms with van der Waals surface area (Å²) in [5, 5.41) is 2.94. The number of hydrogen-bond acceptors (Lipinski definition) is 3. The van der Waals surface area contributed by atoms with Gasteiger partial charge in [-0.3, -0.25) is 9.69 Å². The van der Waals surface area contributed by atoms with E-state index in [2.05, 4.69) is 22.3 Å². The minimum atomic E-state index is -0.0744. The second-order valence-electron chi connectivity index (χ2n) is 5.91. The van der Waals surface area contributed by atoms with Crippen LogP contribution in [0.4, 0.5) is 5.69 Å². The SMILES string of the molecule is Cc1cccc(C(=O)Nc2ccc(CN3CCOCC3)cc2)c1. The fourth-order valence-electron chi connectivity index (χ4n) is 2.70. The Hall–Kier alpha value is -2.17. The third kappa shape index (κ3) is 4.41. The summed E-state index contributed by atoms with van der Waals surface area (Å²) in [5.74, 6) is -0.0744. The molecule has 4 nitrogen and oxygen atoms in total. The number of nitrogens with one attached hydrogen (secondary N) is 1. The number of carbonyl (C=O) groups is 1. The number of amides is 1. The number of ether oxygens (including phenoxy) is 1. The van der Waals surface area contributed by atoms with Crippen molar-refractivity contribution in [2.24, 2.45) is 0 Å². The van der Waals surface area contributed by atoms with Crippen molar-refractivity contribution in [3.8, 4) is 0 Å². The van der Waals surface area contributed by atoms with Gasteiger partial charge < -0.3 is 10.1 Å². The number of carbonyl (C=O) groups excluding carboxylic acids is 1. The molecule has 1 fully saturated rings. The second kappa shape index (κ2) is 7.40. The molecular weight excluding hydrogens is 288 g/mol. The first-order chi connectivity index (χ1) is 11.2. The molecular formula is C19H22N2O2. The van der Waals surface area contributed by atoms with Crippen molar-refractivity contribution >= 4 is 11.6 Å². The number of aryl methyl sites for hydroxylation is 1. The lowest BCUT2D eigenvalue weighted by Crippen LogP contribution is -2.35. The first-order valence-electron chi connectivity index (χ1n) is 7.98. The van der Waals surface area contributed by atoms with Crippen LogP contribution in [0.25, 0.3) is 0 Å². The van der Waals surface area contributed by atoms with Crippen molar-refractivity contribution in [2.75, 3.05) is 31.6 Å². The zero-order valence-corrected chi connectivity index (χ0v) is 13.4. The quantitative estimate of drug-likeness (QED) is 0.943. The standard InChI is InChI=1S/C19H22N2O2/c1-15-3-2-4-17(13-15)19(22)20-18-7-5-16(6-8-18)14-21-9-11-23-12-10-21/h2-8,13H,9-12,14H2,1H3,(H,20,22). The highest BCUT2D eigenvalue weighted by atomic mass is 16.5. The molecule has 1 N–H and O–H groups in total. The fraction of sp³-hybridized carbons (Fsp3) is 0.316. The molecule has 2 aromatic rings. The van der Waals surface area contributed by atoms with Gasteiger partial charge in [-0.1, -0.05) is 29.8 Å². The molecule has 1 amide bonds. The molecule has 1 heterocycles. The summed E-state index contributed by atoms with van der Waals surface area (Å²) in [5.41, 5.74) is 3.84. The lowest BCUT2D eigenvalue weighted by atomic mass is 10.1. The van der Waals surface area contributed by atoms with Gasteiger partial charge >= 0.3 is 0 Å². The van der Waals surface area contributed by atoms with Crippen molar-refractivity contribution in [3.63, 3.8) is 0 Å². The van der Waals surface area contributed by atoms with Gasteiger partial charge in [-0.2, -0.15) is 0 Å². The first-order valence-corrected chi connectivity index (χ1v) is 7.98. The summed E-state index contributed by atoms with van der Waals surface area (Å²) < 4.78 is 5.36. The van der Waals surface area contributed by atoms with Crippen LogP contribution in [0.2, 0.25) is 0 Å². The predicted molar refractivity (Wildman–Crippen MR) is 91.7 cm³/mol. The molecule has 0 saturated carbocycles. The van der Waals surface area contributed by atoms with Gasteiger partial charge in [-0.15, -0.1) is 0 Å². The molecule has 0 aromatic heterocycles. The van der Waals surface area contributed by atoms with Gasteiger partial charge in [0, 0.05) is 30.9 Å². The smallest absolute Gasteiger partial charge is 0.255 e. The molecule has 0 aliphatic carbocycles. The lowest BCUT2D eigenvalue weighted by molar-refractivity contribution is 0.0342. The van der Waals surface area contributed by atoms with Gasteiger partial charge in [0.15, 0.2) is 0 Å². The average Bonchev–Trinajstić information content (AvgIpc) is 2.57. The zero-order chi connectivity index (χ0) is 16.1. The number of morpholine rings is 1. The molecule has 4 heteroatoms. The Morgan fingerprint density at radius 1 is 1.13 bits per heavy atom. The van der Waals surface area contributed by atoms with Crippen LogP contribution in [0.15, 0.2) is 48.5 Å². The number of rotatable bonds is 4. The Bertz CT molecular complexity index is 661. The normalized spacial score (nSPS) is 15.3. The van der Waals surface area contributed by atoms with Crippen LogP contribution >= 0.6 is 0 Å². The molecule has 0 radical (unpaired) electrons. The fourth-order valence-corrected chi connectivity index (χ4v) is 2.70. The summed E-state index contributed by atoms with van der Waals surface area (Å²) in [7, 11) is 0. The summed E-state index contributed by atoms with van der Waals surface area (Å²) in [6.45, 7) is 6.49. The number of hydrogen-bond donors (Lipinski definition) is 1. The van der Waals surface area contributed by atoms with E-state index >= 15 is 0 Å². The summed E-state index contributed by atoms with van der Waals surface area (Å²) in [4.78, 5) is 14.6. The van der Waals surface area contributed by atoms with E-state index in [0.717, 1.165) is 44.1 Å². The van der Waals surface area contributed by atoms with Crippen molar-refractivity contribution in [3.05, 3.63) is 65.2 Å². The highest BCUT2D eigenvalue weighted by Gasteiger charge is 2.11. The molecule has 0 unspecified atom stereocenters. The Balaban J connectivity index is 1.59. The molecule has 0 atom stereocenters. The number of nitrogens with zero attached hydrogens (tertiary/aromatic N) is 1.